The highest BCUT2D eigenvalue weighted by Crippen LogP contribution is 2.09. The number of rotatable bonds is 4. The maximum Gasteiger partial charge on any atom is 0.345 e. The average Bonchev–Trinajstić information content (AvgIpc) is 2.00. The fourth-order valence-electron chi connectivity index (χ4n) is 0.699. The highest BCUT2D eigenvalue weighted by atomic mass is 79.9. The first kappa shape index (κ1) is 14.2. The lowest BCUT2D eigenvalue weighted by Gasteiger charge is -2.07. The van der Waals surface area contributed by atoms with Gasteiger partial charge < -0.3 is 9.47 Å². The van der Waals surface area contributed by atoms with Crippen molar-refractivity contribution in [1.82, 2.24) is 0 Å². The summed E-state index contributed by atoms with van der Waals surface area (Å²) in [5, 5.41) is 0. The quantitative estimate of drug-likeness (QED) is 0.584. The molecule has 0 bridgehead atoms. The van der Waals surface area contributed by atoms with Gasteiger partial charge in [0.15, 0.2) is 0 Å². The number of carbonyl (C=O) groups excluding carboxylic acids is 2. The van der Waals surface area contributed by atoms with Crippen LogP contribution in [-0.2, 0) is 19.1 Å². The molecule has 0 rings (SSSR count). The number of esters is 2. The molecule has 0 aliphatic carbocycles. The average molecular weight is 279 g/mol. The van der Waals surface area contributed by atoms with Crippen LogP contribution in [0.25, 0.3) is 0 Å². The fraction of sp³-hybridized carbons (Fsp3) is 0.600. The Morgan fingerprint density at radius 1 is 1.07 bits per heavy atom. The van der Waals surface area contributed by atoms with Crippen molar-refractivity contribution in [1.29, 1.82) is 0 Å². The van der Waals surface area contributed by atoms with Crippen molar-refractivity contribution >= 4 is 27.9 Å². The molecule has 0 radical (unpaired) electrons. The van der Waals surface area contributed by atoms with Gasteiger partial charge in [-0.25, -0.2) is 9.59 Å². The molecule has 0 saturated carbocycles. The number of carbonyl (C=O) groups is 2. The summed E-state index contributed by atoms with van der Waals surface area (Å²) in [6.45, 7) is 6.91. The van der Waals surface area contributed by atoms with Crippen LogP contribution in [0.15, 0.2) is 10.6 Å². The molecule has 0 spiro atoms. The van der Waals surface area contributed by atoms with Crippen molar-refractivity contribution in [2.24, 2.45) is 0 Å². The molecule has 0 atom stereocenters. The lowest BCUT2D eigenvalue weighted by Crippen LogP contribution is -2.14. The predicted octanol–water partition coefficient (Wildman–Crippen LogP) is 2.17. The number of hydrogen-bond donors (Lipinski definition) is 0. The Bertz CT molecular complexity index is 269. The van der Waals surface area contributed by atoms with Crippen LogP contribution >= 0.6 is 15.9 Å². The molecule has 0 fully saturated rings. The molecule has 4 nitrogen and oxygen atoms in total. The van der Waals surface area contributed by atoms with Crippen LogP contribution in [0.2, 0.25) is 0 Å². The summed E-state index contributed by atoms with van der Waals surface area (Å²) >= 11 is 2.95. The van der Waals surface area contributed by atoms with E-state index in [9.17, 15) is 9.59 Å². The van der Waals surface area contributed by atoms with Gasteiger partial charge in [0.1, 0.15) is 4.48 Å². The summed E-state index contributed by atoms with van der Waals surface area (Å²) in [4.78, 5) is 22.3. The molecule has 0 saturated heterocycles. The Labute approximate surface area is 97.8 Å². The van der Waals surface area contributed by atoms with Gasteiger partial charge in [0.05, 0.1) is 12.2 Å². The van der Waals surface area contributed by atoms with Gasteiger partial charge in [-0.3, -0.25) is 0 Å². The molecule has 15 heavy (non-hydrogen) atoms. The molecular weight excluding hydrogens is 264 g/mol. The van der Waals surface area contributed by atoms with Crippen molar-refractivity contribution in [3.63, 3.8) is 0 Å². The Balaban J connectivity index is 4.29. The number of halogens is 1. The van der Waals surface area contributed by atoms with Gasteiger partial charge in [-0.15, -0.1) is 0 Å². The number of ether oxygens (including phenoxy) is 2. The van der Waals surface area contributed by atoms with E-state index in [1.165, 1.54) is 0 Å². The summed E-state index contributed by atoms with van der Waals surface area (Å²) < 4.78 is 9.74. The molecule has 0 aliphatic heterocycles. The van der Waals surface area contributed by atoms with Crippen LogP contribution in [0.1, 0.15) is 27.7 Å². The summed E-state index contributed by atoms with van der Waals surface area (Å²) in [5.74, 6) is -1.15. The molecule has 86 valence electrons. The normalized spacial score (nSPS) is 11.8. The lowest BCUT2D eigenvalue weighted by atomic mass is 10.4. The van der Waals surface area contributed by atoms with Crippen molar-refractivity contribution < 1.29 is 19.1 Å². The van der Waals surface area contributed by atoms with E-state index in [0.717, 1.165) is 6.08 Å². The number of hydrogen-bond acceptors (Lipinski definition) is 4. The summed E-state index contributed by atoms with van der Waals surface area (Å²) in [6.07, 6.45) is 0.625. The summed E-state index contributed by atoms with van der Waals surface area (Å²) in [7, 11) is 0. The van der Waals surface area contributed by atoms with Crippen LogP contribution < -0.4 is 0 Å². The van der Waals surface area contributed by atoms with E-state index >= 15 is 0 Å². The predicted molar refractivity (Wildman–Crippen MR) is 59.5 cm³/mol. The highest BCUT2D eigenvalue weighted by Gasteiger charge is 2.12. The van der Waals surface area contributed by atoms with Gasteiger partial charge >= 0.3 is 11.9 Å². The minimum absolute atomic E-state index is 0.0573. The Kier molecular flexibility index (Phi) is 6.24. The molecule has 0 aromatic heterocycles. The van der Waals surface area contributed by atoms with Crippen LogP contribution in [0, 0.1) is 0 Å². The first-order chi connectivity index (χ1) is 6.82. The topological polar surface area (TPSA) is 52.6 Å². The molecule has 0 N–H and O–H groups in total. The summed E-state index contributed by atoms with van der Waals surface area (Å²) in [6, 6.07) is 0. The van der Waals surface area contributed by atoms with Crippen LogP contribution in [-0.4, -0.2) is 24.1 Å². The van der Waals surface area contributed by atoms with Crippen LogP contribution in [0.5, 0.6) is 0 Å². The molecule has 0 aliphatic rings. The van der Waals surface area contributed by atoms with E-state index in [0.29, 0.717) is 0 Å². The molecule has 5 heteroatoms. The first-order valence-electron chi connectivity index (χ1n) is 4.61. The lowest BCUT2D eigenvalue weighted by molar-refractivity contribution is -0.144. The minimum atomic E-state index is -0.578. The van der Waals surface area contributed by atoms with Gasteiger partial charge in [0.25, 0.3) is 0 Å². The van der Waals surface area contributed by atoms with Crippen molar-refractivity contribution in [2.75, 3.05) is 0 Å². The third-order valence-corrected chi connectivity index (χ3v) is 1.69. The maximum atomic E-state index is 11.2. The fourth-order valence-corrected chi connectivity index (χ4v) is 0.979. The highest BCUT2D eigenvalue weighted by molar-refractivity contribution is 9.12. The third-order valence-electron chi connectivity index (χ3n) is 1.13. The van der Waals surface area contributed by atoms with Crippen molar-refractivity contribution in [3.8, 4) is 0 Å². The van der Waals surface area contributed by atoms with Crippen molar-refractivity contribution in [3.05, 3.63) is 10.6 Å². The van der Waals surface area contributed by atoms with Gasteiger partial charge in [0.2, 0.25) is 0 Å². The van der Waals surface area contributed by atoms with E-state index in [1.807, 2.05) is 0 Å². The molecule has 0 amide bonds. The Hall–Kier alpha value is -0.840. The largest absolute Gasteiger partial charge is 0.460 e. The van der Waals surface area contributed by atoms with Crippen LogP contribution in [0.3, 0.4) is 0 Å². The van der Waals surface area contributed by atoms with Gasteiger partial charge in [0, 0.05) is 6.08 Å². The van der Waals surface area contributed by atoms with Gasteiger partial charge in [-0.2, -0.15) is 0 Å². The molecule has 0 heterocycles. The second-order valence-corrected chi connectivity index (χ2v) is 4.29. The van der Waals surface area contributed by atoms with E-state index in [4.69, 9.17) is 9.47 Å². The standard InChI is InChI=1S/C10H15BrO4/c1-6(2)14-9(12)5-8(11)10(13)15-7(3)4/h5-7H,1-4H3. The van der Waals surface area contributed by atoms with Crippen molar-refractivity contribution in [2.45, 2.75) is 39.9 Å². The second-order valence-electron chi connectivity index (χ2n) is 3.43. The third kappa shape index (κ3) is 7.13. The summed E-state index contributed by atoms with van der Waals surface area (Å²) in [5.41, 5.74) is 0. The zero-order valence-corrected chi connectivity index (χ0v) is 10.8. The monoisotopic (exact) mass is 278 g/mol. The van der Waals surface area contributed by atoms with E-state index in [2.05, 4.69) is 15.9 Å². The van der Waals surface area contributed by atoms with E-state index in [-0.39, 0.29) is 16.7 Å². The zero-order valence-electron chi connectivity index (χ0n) is 9.24. The Morgan fingerprint density at radius 3 is 1.93 bits per heavy atom. The SMILES string of the molecule is CC(C)OC(=O)C=C(Br)C(=O)OC(C)C. The molecular formula is C10H15BrO4. The second kappa shape index (κ2) is 6.61. The van der Waals surface area contributed by atoms with E-state index < -0.39 is 11.9 Å². The van der Waals surface area contributed by atoms with Gasteiger partial charge in [-0.1, -0.05) is 0 Å². The van der Waals surface area contributed by atoms with Gasteiger partial charge in [-0.05, 0) is 43.6 Å². The minimum Gasteiger partial charge on any atom is -0.460 e. The zero-order chi connectivity index (χ0) is 12.0. The van der Waals surface area contributed by atoms with Crippen LogP contribution in [0.4, 0.5) is 0 Å². The smallest absolute Gasteiger partial charge is 0.345 e. The Morgan fingerprint density at radius 2 is 1.53 bits per heavy atom. The molecule has 0 unspecified atom stereocenters. The first-order valence-corrected chi connectivity index (χ1v) is 5.41. The van der Waals surface area contributed by atoms with E-state index in [1.54, 1.807) is 27.7 Å². The maximum absolute atomic E-state index is 11.2. The molecule has 0 aromatic carbocycles. The molecule has 0 aromatic rings.